The Labute approximate surface area is 88.2 Å². The minimum absolute atomic E-state index is 0.159. The minimum atomic E-state index is -0.635. The molecule has 0 saturated carbocycles. The molecule has 0 amide bonds. The van der Waals surface area contributed by atoms with Crippen LogP contribution < -0.4 is 11.1 Å². The van der Waals surface area contributed by atoms with Gasteiger partial charge >= 0.3 is 0 Å². The molecule has 84 valence electrons. The third-order valence-corrected chi connectivity index (χ3v) is 2.69. The van der Waals surface area contributed by atoms with E-state index in [9.17, 15) is 5.11 Å². The van der Waals surface area contributed by atoms with E-state index in [1.165, 1.54) is 0 Å². The van der Waals surface area contributed by atoms with Crippen LogP contribution in [-0.4, -0.2) is 36.9 Å². The quantitative estimate of drug-likeness (QED) is 0.620. The highest BCUT2D eigenvalue weighted by molar-refractivity contribution is 5.04. The van der Waals surface area contributed by atoms with Crippen LogP contribution in [-0.2, 0) is 4.74 Å². The van der Waals surface area contributed by atoms with Gasteiger partial charge in [0.15, 0.2) is 0 Å². The van der Waals surface area contributed by atoms with Crippen molar-refractivity contribution in [2.75, 3.05) is 26.3 Å². The molecule has 1 aliphatic heterocycles. The standard InChI is InChI=1S/C10H16N2O3/c11-5-10(6-14-7-10)12-4-8(13)9-2-1-3-15-9/h1-3,8,12-13H,4-7,11H2. The van der Waals surface area contributed by atoms with Crippen LogP contribution in [0.4, 0.5) is 0 Å². The zero-order valence-corrected chi connectivity index (χ0v) is 8.48. The van der Waals surface area contributed by atoms with E-state index in [2.05, 4.69) is 5.32 Å². The van der Waals surface area contributed by atoms with Gasteiger partial charge in [-0.3, -0.25) is 0 Å². The Hall–Kier alpha value is -0.880. The molecule has 1 unspecified atom stereocenters. The Kier molecular flexibility index (Phi) is 3.06. The summed E-state index contributed by atoms with van der Waals surface area (Å²) >= 11 is 0. The average Bonchev–Trinajstić information content (AvgIpc) is 2.69. The Bertz CT molecular complexity index is 290. The highest BCUT2D eigenvalue weighted by Gasteiger charge is 2.37. The summed E-state index contributed by atoms with van der Waals surface area (Å²) < 4.78 is 10.2. The molecule has 1 saturated heterocycles. The first-order chi connectivity index (χ1) is 7.26. The minimum Gasteiger partial charge on any atom is -0.467 e. The number of β-amino-alcohol motifs (C(OH)–C–C–N with tert-alkyl or cyclic N) is 1. The van der Waals surface area contributed by atoms with Crippen molar-refractivity contribution in [1.29, 1.82) is 0 Å². The van der Waals surface area contributed by atoms with E-state index < -0.39 is 6.10 Å². The fourth-order valence-corrected chi connectivity index (χ4v) is 1.54. The second-order valence-corrected chi connectivity index (χ2v) is 3.89. The number of hydrogen-bond donors (Lipinski definition) is 3. The first-order valence-electron chi connectivity index (χ1n) is 5.00. The monoisotopic (exact) mass is 212 g/mol. The van der Waals surface area contributed by atoms with Crippen LogP contribution in [0.25, 0.3) is 0 Å². The SMILES string of the molecule is NCC1(NCC(O)c2ccco2)COC1. The highest BCUT2D eigenvalue weighted by Crippen LogP contribution is 2.18. The first kappa shape index (κ1) is 10.6. The van der Waals surface area contributed by atoms with E-state index in [0.717, 1.165) is 0 Å². The van der Waals surface area contributed by atoms with E-state index in [1.807, 2.05) is 0 Å². The topological polar surface area (TPSA) is 80.7 Å². The average molecular weight is 212 g/mol. The summed E-state index contributed by atoms with van der Waals surface area (Å²) in [7, 11) is 0. The van der Waals surface area contributed by atoms with E-state index in [-0.39, 0.29) is 5.54 Å². The van der Waals surface area contributed by atoms with Gasteiger partial charge in [0, 0.05) is 13.1 Å². The molecule has 2 heterocycles. The molecule has 0 spiro atoms. The largest absolute Gasteiger partial charge is 0.467 e. The van der Waals surface area contributed by atoms with Crippen LogP contribution in [0, 0.1) is 0 Å². The van der Waals surface area contributed by atoms with E-state index in [0.29, 0.717) is 32.1 Å². The predicted molar refractivity (Wildman–Crippen MR) is 54.3 cm³/mol. The number of nitrogens with one attached hydrogen (secondary N) is 1. The highest BCUT2D eigenvalue weighted by atomic mass is 16.5. The number of rotatable bonds is 5. The second kappa shape index (κ2) is 4.32. The number of aliphatic hydroxyl groups is 1. The lowest BCUT2D eigenvalue weighted by Crippen LogP contribution is -2.65. The summed E-state index contributed by atoms with van der Waals surface area (Å²) in [6.45, 7) is 2.15. The summed E-state index contributed by atoms with van der Waals surface area (Å²) in [6.07, 6.45) is 0.910. The van der Waals surface area contributed by atoms with Gasteiger partial charge in [-0.1, -0.05) is 0 Å². The summed E-state index contributed by atoms with van der Waals surface area (Å²) in [4.78, 5) is 0. The number of nitrogens with two attached hydrogens (primary N) is 1. The number of hydrogen-bond acceptors (Lipinski definition) is 5. The Balaban J connectivity index is 1.82. The van der Waals surface area contributed by atoms with Crippen LogP contribution in [0.5, 0.6) is 0 Å². The zero-order chi connectivity index (χ0) is 10.7. The van der Waals surface area contributed by atoms with Crippen molar-refractivity contribution in [2.24, 2.45) is 5.73 Å². The summed E-state index contributed by atoms with van der Waals surface area (Å²) in [5.41, 5.74) is 5.47. The van der Waals surface area contributed by atoms with Gasteiger partial charge in [0.2, 0.25) is 0 Å². The third kappa shape index (κ3) is 2.21. The molecular weight excluding hydrogens is 196 g/mol. The fraction of sp³-hybridized carbons (Fsp3) is 0.600. The van der Waals surface area contributed by atoms with Crippen LogP contribution in [0.15, 0.2) is 22.8 Å². The number of furan rings is 1. The summed E-state index contributed by atoms with van der Waals surface area (Å²) in [5, 5.41) is 13.0. The maximum Gasteiger partial charge on any atom is 0.133 e. The molecule has 2 rings (SSSR count). The predicted octanol–water partition coefficient (Wildman–Crippen LogP) is -0.370. The molecule has 1 aromatic rings. The molecule has 1 aliphatic rings. The van der Waals surface area contributed by atoms with Gasteiger partial charge in [-0.2, -0.15) is 0 Å². The molecule has 15 heavy (non-hydrogen) atoms. The molecule has 0 bridgehead atoms. The zero-order valence-electron chi connectivity index (χ0n) is 8.48. The van der Waals surface area contributed by atoms with Crippen molar-refractivity contribution in [3.63, 3.8) is 0 Å². The first-order valence-corrected chi connectivity index (χ1v) is 5.00. The molecule has 0 aliphatic carbocycles. The Morgan fingerprint density at radius 3 is 2.87 bits per heavy atom. The maximum atomic E-state index is 9.75. The molecule has 1 fully saturated rings. The van der Waals surface area contributed by atoms with Crippen molar-refractivity contribution in [3.05, 3.63) is 24.2 Å². The van der Waals surface area contributed by atoms with Crippen molar-refractivity contribution < 1.29 is 14.3 Å². The lowest BCUT2D eigenvalue weighted by Gasteiger charge is -2.41. The molecular formula is C10H16N2O3. The Morgan fingerprint density at radius 2 is 2.40 bits per heavy atom. The van der Waals surface area contributed by atoms with Crippen molar-refractivity contribution in [2.45, 2.75) is 11.6 Å². The smallest absolute Gasteiger partial charge is 0.133 e. The Morgan fingerprint density at radius 1 is 1.60 bits per heavy atom. The van der Waals surface area contributed by atoms with Crippen molar-refractivity contribution in [3.8, 4) is 0 Å². The van der Waals surface area contributed by atoms with E-state index in [1.54, 1.807) is 18.4 Å². The van der Waals surface area contributed by atoms with Crippen molar-refractivity contribution >= 4 is 0 Å². The molecule has 1 aromatic heterocycles. The number of aliphatic hydroxyl groups excluding tert-OH is 1. The fourth-order valence-electron chi connectivity index (χ4n) is 1.54. The van der Waals surface area contributed by atoms with Gasteiger partial charge in [-0.15, -0.1) is 0 Å². The molecule has 4 N–H and O–H groups in total. The van der Waals surface area contributed by atoms with Gasteiger partial charge in [-0.05, 0) is 12.1 Å². The second-order valence-electron chi connectivity index (χ2n) is 3.89. The van der Waals surface area contributed by atoms with Gasteiger partial charge < -0.3 is 25.3 Å². The van der Waals surface area contributed by atoms with Gasteiger partial charge in [-0.25, -0.2) is 0 Å². The van der Waals surface area contributed by atoms with Crippen LogP contribution >= 0.6 is 0 Å². The van der Waals surface area contributed by atoms with Gasteiger partial charge in [0.25, 0.3) is 0 Å². The molecule has 5 nitrogen and oxygen atoms in total. The van der Waals surface area contributed by atoms with Crippen LogP contribution in [0.3, 0.4) is 0 Å². The van der Waals surface area contributed by atoms with Crippen LogP contribution in [0.2, 0.25) is 0 Å². The van der Waals surface area contributed by atoms with Crippen molar-refractivity contribution in [1.82, 2.24) is 5.32 Å². The normalized spacial score (nSPS) is 20.9. The summed E-state index contributed by atoms with van der Waals surface area (Å²) in [5.74, 6) is 0.565. The lowest BCUT2D eigenvalue weighted by atomic mass is 9.97. The maximum absolute atomic E-state index is 9.75. The third-order valence-electron chi connectivity index (χ3n) is 2.69. The number of ether oxygens (including phenoxy) is 1. The van der Waals surface area contributed by atoms with Gasteiger partial charge in [0.05, 0.1) is 25.0 Å². The summed E-state index contributed by atoms with van der Waals surface area (Å²) in [6, 6.07) is 3.50. The van der Waals surface area contributed by atoms with Crippen LogP contribution in [0.1, 0.15) is 11.9 Å². The lowest BCUT2D eigenvalue weighted by molar-refractivity contribution is -0.0733. The van der Waals surface area contributed by atoms with E-state index >= 15 is 0 Å². The molecule has 0 aromatic carbocycles. The molecule has 1 atom stereocenters. The van der Waals surface area contributed by atoms with Gasteiger partial charge in [0.1, 0.15) is 11.9 Å². The molecule has 0 radical (unpaired) electrons. The molecule has 5 heteroatoms. The van der Waals surface area contributed by atoms with E-state index in [4.69, 9.17) is 14.9 Å².